The molecule has 3 aromatic carbocycles. The molecule has 0 radical (unpaired) electrons. The van der Waals surface area contributed by atoms with Gasteiger partial charge in [0, 0.05) is 17.2 Å². The van der Waals surface area contributed by atoms with Crippen molar-refractivity contribution in [3.63, 3.8) is 0 Å². The molecule has 9 heteroatoms. The number of amidine groups is 1. The van der Waals surface area contributed by atoms with Crippen molar-refractivity contribution in [2.75, 3.05) is 0 Å². The van der Waals surface area contributed by atoms with E-state index in [0.717, 1.165) is 22.7 Å². The maximum atomic E-state index is 13.2. The van der Waals surface area contributed by atoms with Gasteiger partial charge >= 0.3 is 5.97 Å². The fourth-order valence-corrected chi connectivity index (χ4v) is 3.99. The van der Waals surface area contributed by atoms with Crippen LogP contribution in [-0.2, 0) is 4.79 Å². The number of thioether (sulfide) groups is 1. The summed E-state index contributed by atoms with van der Waals surface area (Å²) in [7, 11) is 0. The summed E-state index contributed by atoms with van der Waals surface area (Å²) in [5.74, 6) is -2.64. The molecule has 0 bridgehead atoms. The second kappa shape index (κ2) is 9.01. The van der Waals surface area contributed by atoms with E-state index in [2.05, 4.69) is 4.99 Å². The van der Waals surface area contributed by atoms with Crippen LogP contribution in [0.5, 0.6) is 11.5 Å². The third kappa shape index (κ3) is 4.63. The molecule has 3 N–H and O–H groups in total. The van der Waals surface area contributed by atoms with Gasteiger partial charge in [-0.05, 0) is 66.4 Å². The number of aliphatic imine (C=N–C) groups is 1. The number of aromatic hydroxyl groups is 2. The van der Waals surface area contributed by atoms with Crippen molar-refractivity contribution in [2.45, 2.75) is 0 Å². The lowest BCUT2D eigenvalue weighted by atomic mass is 10.1. The van der Waals surface area contributed by atoms with Crippen molar-refractivity contribution in [1.82, 2.24) is 4.90 Å². The standard InChI is InChI=1S/C24H16N2O6S/c27-18-11-8-16(19(28)13-18)12-20-22(30)26(21(29)14-4-2-1-3-5-14)24(33-20)25-17-9-6-15(7-10-17)23(31)32/h1-13,27-28H,(H,31,32). The van der Waals surface area contributed by atoms with Gasteiger partial charge in [-0.2, -0.15) is 0 Å². The van der Waals surface area contributed by atoms with Gasteiger partial charge in [0.2, 0.25) is 0 Å². The van der Waals surface area contributed by atoms with Gasteiger partial charge in [0.05, 0.1) is 16.2 Å². The molecule has 8 nitrogen and oxygen atoms in total. The number of carboxylic acid groups (broad SMARTS) is 1. The van der Waals surface area contributed by atoms with Crippen molar-refractivity contribution >= 4 is 46.5 Å². The number of amides is 2. The summed E-state index contributed by atoms with van der Waals surface area (Å²) in [4.78, 5) is 42.9. The molecule has 0 saturated carbocycles. The molecule has 1 aliphatic rings. The van der Waals surface area contributed by atoms with Crippen LogP contribution in [0.4, 0.5) is 5.69 Å². The molecular formula is C24H16N2O6S. The Kier molecular flexibility index (Phi) is 5.97. The fourth-order valence-electron chi connectivity index (χ4n) is 3.02. The van der Waals surface area contributed by atoms with Gasteiger partial charge in [0.25, 0.3) is 11.8 Å². The van der Waals surface area contributed by atoms with Crippen molar-refractivity contribution < 1.29 is 29.7 Å². The molecule has 1 heterocycles. The van der Waals surface area contributed by atoms with Gasteiger partial charge in [0.1, 0.15) is 11.5 Å². The van der Waals surface area contributed by atoms with Gasteiger partial charge < -0.3 is 15.3 Å². The minimum Gasteiger partial charge on any atom is -0.508 e. The van der Waals surface area contributed by atoms with E-state index in [0.29, 0.717) is 5.69 Å². The predicted molar refractivity (Wildman–Crippen MR) is 123 cm³/mol. The minimum absolute atomic E-state index is 0.0784. The maximum Gasteiger partial charge on any atom is 0.335 e. The molecule has 0 aliphatic carbocycles. The predicted octanol–water partition coefficient (Wildman–Crippen LogP) is 4.24. The average Bonchev–Trinajstić information content (AvgIpc) is 3.10. The first-order chi connectivity index (χ1) is 15.8. The van der Waals surface area contributed by atoms with Gasteiger partial charge in [-0.3, -0.25) is 9.59 Å². The fraction of sp³-hybridized carbons (Fsp3) is 0. The van der Waals surface area contributed by atoms with Crippen molar-refractivity contribution in [1.29, 1.82) is 0 Å². The lowest BCUT2D eigenvalue weighted by Gasteiger charge is -2.13. The molecule has 164 valence electrons. The zero-order valence-electron chi connectivity index (χ0n) is 16.9. The highest BCUT2D eigenvalue weighted by Crippen LogP contribution is 2.37. The van der Waals surface area contributed by atoms with E-state index in [9.17, 15) is 24.6 Å². The van der Waals surface area contributed by atoms with Crippen molar-refractivity contribution in [2.24, 2.45) is 4.99 Å². The number of phenolic OH excluding ortho intramolecular Hbond substituents is 2. The van der Waals surface area contributed by atoms with Gasteiger partial charge in [-0.25, -0.2) is 14.7 Å². The summed E-state index contributed by atoms with van der Waals surface area (Å²) < 4.78 is 0. The Labute approximate surface area is 192 Å². The Hall–Kier alpha value is -4.37. The topological polar surface area (TPSA) is 128 Å². The van der Waals surface area contributed by atoms with Crippen LogP contribution in [0.25, 0.3) is 6.08 Å². The molecular weight excluding hydrogens is 444 g/mol. The molecule has 1 fully saturated rings. The van der Waals surface area contributed by atoms with E-state index in [4.69, 9.17) is 5.11 Å². The number of carboxylic acids is 1. The van der Waals surface area contributed by atoms with Gasteiger partial charge in [-0.15, -0.1) is 0 Å². The number of benzene rings is 3. The molecule has 3 aromatic rings. The third-order valence-corrected chi connectivity index (χ3v) is 5.64. The summed E-state index contributed by atoms with van der Waals surface area (Å²) in [6, 6.07) is 17.9. The number of hydrogen-bond donors (Lipinski definition) is 3. The number of imide groups is 1. The number of phenols is 2. The van der Waals surface area contributed by atoms with E-state index >= 15 is 0 Å². The van der Waals surface area contributed by atoms with E-state index in [1.807, 2.05) is 0 Å². The lowest BCUT2D eigenvalue weighted by molar-refractivity contribution is -0.120. The number of carbonyl (C=O) groups excluding carboxylic acids is 2. The zero-order valence-corrected chi connectivity index (χ0v) is 17.7. The van der Waals surface area contributed by atoms with E-state index in [-0.39, 0.29) is 38.3 Å². The Morgan fingerprint density at radius 2 is 1.61 bits per heavy atom. The Morgan fingerprint density at radius 3 is 2.24 bits per heavy atom. The first-order valence-electron chi connectivity index (χ1n) is 9.61. The number of rotatable bonds is 4. The first kappa shape index (κ1) is 21.8. The number of nitrogens with zero attached hydrogens (tertiary/aromatic N) is 2. The third-order valence-electron chi connectivity index (χ3n) is 4.67. The lowest BCUT2D eigenvalue weighted by Crippen LogP contribution is -2.35. The van der Waals surface area contributed by atoms with Crippen molar-refractivity contribution in [3.05, 3.63) is 94.4 Å². The molecule has 33 heavy (non-hydrogen) atoms. The van der Waals surface area contributed by atoms with Crippen LogP contribution in [0.2, 0.25) is 0 Å². The van der Waals surface area contributed by atoms with Gasteiger partial charge in [0.15, 0.2) is 5.17 Å². The molecule has 4 rings (SSSR count). The van der Waals surface area contributed by atoms with Crippen LogP contribution in [0.15, 0.2) is 82.7 Å². The van der Waals surface area contributed by atoms with Crippen LogP contribution < -0.4 is 0 Å². The molecule has 1 aliphatic heterocycles. The SMILES string of the molecule is O=C(O)c1ccc(N=C2SC(=Cc3ccc(O)cc3O)C(=O)N2C(=O)c2ccccc2)cc1. The number of aromatic carboxylic acids is 1. The summed E-state index contributed by atoms with van der Waals surface area (Å²) in [6.07, 6.45) is 1.41. The van der Waals surface area contributed by atoms with Crippen molar-refractivity contribution in [3.8, 4) is 11.5 Å². The molecule has 0 unspecified atom stereocenters. The first-order valence-corrected chi connectivity index (χ1v) is 10.4. The minimum atomic E-state index is -1.08. The quantitative estimate of drug-likeness (QED) is 0.392. The van der Waals surface area contributed by atoms with Crippen LogP contribution in [0.3, 0.4) is 0 Å². The second-order valence-corrected chi connectivity index (χ2v) is 7.92. The number of hydrogen-bond acceptors (Lipinski definition) is 7. The number of carbonyl (C=O) groups is 3. The van der Waals surface area contributed by atoms with Crippen LogP contribution in [-0.4, -0.2) is 43.2 Å². The smallest absolute Gasteiger partial charge is 0.335 e. The highest BCUT2D eigenvalue weighted by atomic mass is 32.2. The molecule has 0 aromatic heterocycles. The highest BCUT2D eigenvalue weighted by molar-refractivity contribution is 8.18. The van der Waals surface area contributed by atoms with Crippen LogP contribution in [0.1, 0.15) is 26.3 Å². The molecule has 1 saturated heterocycles. The Morgan fingerprint density at radius 1 is 0.909 bits per heavy atom. The highest BCUT2D eigenvalue weighted by Gasteiger charge is 2.38. The molecule has 0 atom stereocenters. The average molecular weight is 460 g/mol. The van der Waals surface area contributed by atoms with E-state index in [1.54, 1.807) is 30.3 Å². The van der Waals surface area contributed by atoms with Gasteiger partial charge in [-0.1, -0.05) is 18.2 Å². The second-order valence-electron chi connectivity index (χ2n) is 6.91. The largest absolute Gasteiger partial charge is 0.508 e. The van der Waals surface area contributed by atoms with E-state index in [1.165, 1.54) is 42.5 Å². The van der Waals surface area contributed by atoms with Crippen LogP contribution >= 0.6 is 11.8 Å². The van der Waals surface area contributed by atoms with Crippen LogP contribution in [0, 0.1) is 0 Å². The zero-order chi connectivity index (χ0) is 23.5. The normalized spacial score (nSPS) is 15.9. The maximum absolute atomic E-state index is 13.2. The molecule has 0 spiro atoms. The summed E-state index contributed by atoms with van der Waals surface area (Å²) in [5.41, 5.74) is 1.00. The molecule has 2 amide bonds. The monoisotopic (exact) mass is 460 g/mol. The summed E-state index contributed by atoms with van der Waals surface area (Å²) in [5, 5.41) is 28.7. The Balaban J connectivity index is 1.76. The van der Waals surface area contributed by atoms with E-state index < -0.39 is 17.8 Å². The summed E-state index contributed by atoms with van der Waals surface area (Å²) >= 11 is 0.940. The summed E-state index contributed by atoms with van der Waals surface area (Å²) in [6.45, 7) is 0. The Bertz CT molecular complexity index is 1320.